The van der Waals surface area contributed by atoms with Crippen LogP contribution in [-0.2, 0) is 14.3 Å². The van der Waals surface area contributed by atoms with Crippen LogP contribution in [0.4, 0.5) is 0 Å². The molecule has 2 aromatic rings. The molecule has 0 saturated heterocycles. The van der Waals surface area contributed by atoms with Gasteiger partial charge in [0.15, 0.2) is 5.54 Å². The summed E-state index contributed by atoms with van der Waals surface area (Å²) in [6, 6.07) is 9.07. The molecule has 2 amide bonds. The number of ether oxygens (including phenoxy) is 1. The summed E-state index contributed by atoms with van der Waals surface area (Å²) in [5.74, 6) is -2.30. The van der Waals surface area contributed by atoms with Gasteiger partial charge in [-0.3, -0.25) is 9.59 Å². The van der Waals surface area contributed by atoms with Crippen LogP contribution in [0, 0.1) is 0 Å². The number of amides is 2. The fourth-order valence-electron chi connectivity index (χ4n) is 2.24. The monoisotopic (exact) mass is 333 g/mol. The molecule has 0 saturated carbocycles. The van der Waals surface area contributed by atoms with Gasteiger partial charge in [-0.05, 0) is 19.1 Å². The highest BCUT2D eigenvalue weighted by atomic mass is 16.5. The summed E-state index contributed by atoms with van der Waals surface area (Å²) in [5, 5.41) is 14.8. The van der Waals surface area contributed by atoms with Crippen molar-refractivity contribution in [2.45, 2.75) is 12.5 Å². The number of rotatable bonds is 7. The Morgan fingerprint density at radius 2 is 2.00 bits per heavy atom. The summed E-state index contributed by atoms with van der Waals surface area (Å²) < 4.78 is 4.81. The third-order valence-electron chi connectivity index (χ3n) is 3.50. The summed E-state index contributed by atoms with van der Waals surface area (Å²) in [4.78, 5) is 38.1. The van der Waals surface area contributed by atoms with Crippen molar-refractivity contribution in [3.05, 3.63) is 36.0 Å². The van der Waals surface area contributed by atoms with Crippen molar-refractivity contribution in [3.8, 4) is 0 Å². The number of fused-ring (bicyclic) bond motifs is 1. The van der Waals surface area contributed by atoms with Crippen LogP contribution in [0.15, 0.2) is 30.3 Å². The number of nitrogens with one attached hydrogen (secondary N) is 3. The first-order valence-corrected chi connectivity index (χ1v) is 7.25. The van der Waals surface area contributed by atoms with Gasteiger partial charge in [0, 0.05) is 18.0 Å². The number of carboxylic acid groups (broad SMARTS) is 1. The molecule has 8 heteroatoms. The maximum Gasteiger partial charge on any atom is 0.331 e. The molecule has 1 atom stereocenters. The van der Waals surface area contributed by atoms with Gasteiger partial charge in [-0.1, -0.05) is 18.2 Å². The van der Waals surface area contributed by atoms with E-state index >= 15 is 0 Å². The van der Waals surface area contributed by atoms with Crippen molar-refractivity contribution in [2.24, 2.45) is 0 Å². The molecule has 1 heterocycles. The van der Waals surface area contributed by atoms with E-state index in [9.17, 15) is 14.4 Å². The summed E-state index contributed by atoms with van der Waals surface area (Å²) in [5.41, 5.74) is -0.426. The van der Waals surface area contributed by atoms with Crippen molar-refractivity contribution >= 4 is 28.7 Å². The molecular formula is C16H19N3O5. The predicted octanol–water partition coefficient (Wildman–Crippen LogP) is 0.504. The Bertz CT molecular complexity index is 737. The van der Waals surface area contributed by atoms with Crippen molar-refractivity contribution in [1.29, 1.82) is 0 Å². The molecule has 0 aliphatic rings. The maximum atomic E-state index is 12.1. The van der Waals surface area contributed by atoms with Gasteiger partial charge in [-0.25, -0.2) is 4.79 Å². The Morgan fingerprint density at radius 1 is 1.29 bits per heavy atom. The lowest BCUT2D eigenvalue weighted by Gasteiger charge is -2.25. The smallest absolute Gasteiger partial charge is 0.331 e. The average molecular weight is 333 g/mol. The summed E-state index contributed by atoms with van der Waals surface area (Å²) in [6.45, 7) is 0.793. The molecule has 0 aliphatic heterocycles. The number of carbonyl (C=O) groups excluding carboxylic acids is 2. The number of carbonyl (C=O) groups is 3. The Kier molecular flexibility index (Phi) is 5.20. The summed E-state index contributed by atoms with van der Waals surface area (Å²) in [6.07, 6.45) is 0. The lowest BCUT2D eigenvalue weighted by Crippen LogP contribution is -2.57. The van der Waals surface area contributed by atoms with Gasteiger partial charge in [0.05, 0.1) is 13.2 Å². The molecule has 4 N–H and O–H groups in total. The Hall–Kier alpha value is -2.87. The lowest BCUT2D eigenvalue weighted by atomic mass is 10.0. The van der Waals surface area contributed by atoms with E-state index in [1.54, 1.807) is 6.07 Å². The van der Waals surface area contributed by atoms with Gasteiger partial charge < -0.3 is 25.5 Å². The van der Waals surface area contributed by atoms with Crippen molar-refractivity contribution in [2.75, 3.05) is 20.3 Å². The maximum absolute atomic E-state index is 12.1. The number of hydrogen-bond donors (Lipinski definition) is 4. The van der Waals surface area contributed by atoms with Crippen LogP contribution in [0.25, 0.3) is 10.9 Å². The standard InChI is InChI=1S/C16H19N3O5/c1-16(9-24-2,15(22)23)19-13(20)8-17-14(21)12-7-10-5-3-4-6-11(10)18-12/h3-7,18H,8-9H2,1-2H3,(H,17,21)(H,19,20)(H,22,23). The van der Waals surface area contributed by atoms with E-state index < -0.39 is 23.3 Å². The number of methoxy groups -OCH3 is 1. The molecule has 0 bridgehead atoms. The molecule has 128 valence electrons. The number of para-hydroxylation sites is 1. The number of aliphatic carboxylic acids is 1. The van der Waals surface area contributed by atoms with E-state index in [1.807, 2.05) is 24.3 Å². The van der Waals surface area contributed by atoms with E-state index in [-0.39, 0.29) is 13.2 Å². The Labute approximate surface area is 138 Å². The normalized spacial score (nSPS) is 13.2. The Morgan fingerprint density at radius 3 is 2.62 bits per heavy atom. The van der Waals surface area contributed by atoms with Crippen LogP contribution in [0.1, 0.15) is 17.4 Å². The molecule has 0 aliphatic carbocycles. The molecule has 8 nitrogen and oxygen atoms in total. The van der Waals surface area contributed by atoms with E-state index in [0.29, 0.717) is 5.69 Å². The highest BCUT2D eigenvalue weighted by molar-refractivity contribution is 5.99. The van der Waals surface area contributed by atoms with Gasteiger partial charge in [-0.15, -0.1) is 0 Å². The zero-order valence-electron chi connectivity index (χ0n) is 13.4. The number of H-pyrrole nitrogens is 1. The van der Waals surface area contributed by atoms with Gasteiger partial charge in [0.1, 0.15) is 5.69 Å². The van der Waals surface area contributed by atoms with Crippen LogP contribution in [0.2, 0.25) is 0 Å². The number of aromatic nitrogens is 1. The highest BCUT2D eigenvalue weighted by Gasteiger charge is 2.34. The van der Waals surface area contributed by atoms with E-state index in [4.69, 9.17) is 9.84 Å². The molecule has 1 aromatic heterocycles. The number of benzene rings is 1. The summed E-state index contributed by atoms with van der Waals surface area (Å²) >= 11 is 0. The second-order valence-corrected chi connectivity index (χ2v) is 5.57. The van der Waals surface area contributed by atoms with Gasteiger partial charge in [0.25, 0.3) is 5.91 Å². The van der Waals surface area contributed by atoms with Gasteiger partial charge in [-0.2, -0.15) is 0 Å². The molecule has 2 rings (SSSR count). The van der Waals surface area contributed by atoms with Gasteiger partial charge in [0.2, 0.25) is 5.91 Å². The molecule has 1 aromatic carbocycles. The first-order chi connectivity index (χ1) is 11.4. The third-order valence-corrected chi connectivity index (χ3v) is 3.50. The topological polar surface area (TPSA) is 121 Å². The van der Waals surface area contributed by atoms with Crippen molar-refractivity contribution in [3.63, 3.8) is 0 Å². The lowest BCUT2D eigenvalue weighted by molar-refractivity contribution is -0.149. The van der Waals surface area contributed by atoms with Crippen LogP contribution < -0.4 is 10.6 Å². The fourth-order valence-corrected chi connectivity index (χ4v) is 2.24. The van der Waals surface area contributed by atoms with Crippen LogP contribution >= 0.6 is 0 Å². The quantitative estimate of drug-likeness (QED) is 0.588. The second-order valence-electron chi connectivity index (χ2n) is 5.57. The summed E-state index contributed by atoms with van der Waals surface area (Å²) in [7, 11) is 1.34. The molecule has 24 heavy (non-hydrogen) atoms. The minimum absolute atomic E-state index is 0.190. The Balaban J connectivity index is 1.95. The number of hydrogen-bond acceptors (Lipinski definition) is 4. The molecule has 0 fully saturated rings. The van der Waals surface area contributed by atoms with E-state index in [2.05, 4.69) is 15.6 Å². The first kappa shape index (κ1) is 17.5. The predicted molar refractivity (Wildman–Crippen MR) is 86.7 cm³/mol. The fraction of sp³-hybridized carbons (Fsp3) is 0.312. The molecule has 1 unspecified atom stereocenters. The zero-order chi connectivity index (χ0) is 17.7. The van der Waals surface area contributed by atoms with E-state index in [1.165, 1.54) is 14.0 Å². The van der Waals surface area contributed by atoms with Gasteiger partial charge >= 0.3 is 5.97 Å². The highest BCUT2D eigenvalue weighted by Crippen LogP contribution is 2.14. The van der Waals surface area contributed by atoms with E-state index in [0.717, 1.165) is 10.9 Å². The zero-order valence-corrected chi connectivity index (χ0v) is 13.4. The molecular weight excluding hydrogens is 314 g/mol. The largest absolute Gasteiger partial charge is 0.479 e. The van der Waals surface area contributed by atoms with Crippen molar-refractivity contribution < 1.29 is 24.2 Å². The first-order valence-electron chi connectivity index (χ1n) is 7.25. The third kappa shape index (κ3) is 3.90. The minimum Gasteiger partial charge on any atom is -0.479 e. The van der Waals surface area contributed by atoms with Crippen LogP contribution in [-0.4, -0.2) is 53.7 Å². The average Bonchev–Trinajstić information content (AvgIpc) is 2.96. The molecule has 0 radical (unpaired) electrons. The number of aromatic amines is 1. The van der Waals surface area contributed by atoms with Crippen LogP contribution in [0.3, 0.4) is 0 Å². The second kappa shape index (κ2) is 7.14. The minimum atomic E-state index is -1.56. The SMILES string of the molecule is COCC(C)(NC(=O)CNC(=O)c1cc2ccccc2[nH]1)C(=O)O. The van der Waals surface area contributed by atoms with Crippen LogP contribution in [0.5, 0.6) is 0 Å². The number of carboxylic acids is 1. The molecule has 0 spiro atoms. The van der Waals surface area contributed by atoms with Crippen molar-refractivity contribution in [1.82, 2.24) is 15.6 Å².